The van der Waals surface area contributed by atoms with Gasteiger partial charge in [-0.15, -0.1) is 0 Å². The fourth-order valence-corrected chi connectivity index (χ4v) is 3.12. The first-order chi connectivity index (χ1) is 11.7. The molecule has 0 aliphatic rings. The Morgan fingerprint density at radius 1 is 0.792 bits per heavy atom. The molecule has 0 radical (unpaired) electrons. The largest absolute Gasteiger partial charge is 0.387 e. The first kappa shape index (κ1) is 15.9. The summed E-state index contributed by atoms with van der Waals surface area (Å²) in [5.41, 5.74) is 5.96. The van der Waals surface area contributed by atoms with E-state index in [2.05, 4.69) is 85.9 Å². The van der Waals surface area contributed by atoms with Crippen LogP contribution in [0, 0.1) is 26.0 Å². The van der Waals surface area contributed by atoms with Gasteiger partial charge in [-0.2, -0.15) is 0 Å². The van der Waals surface area contributed by atoms with Gasteiger partial charge in [0.25, 0.3) is 0 Å². The highest BCUT2D eigenvalue weighted by Crippen LogP contribution is 2.33. The second-order valence-corrected chi connectivity index (χ2v) is 5.85. The standard InChI is InChI=1S/C23H21N/c1-17-11-6-4-9-16-21(24-3)23-18(2)12-10-15-20(23)22(17)19-13-7-5-8-14-19/h5-8,10-16,24H,1-3H3. The van der Waals surface area contributed by atoms with Crippen molar-refractivity contribution in [1.82, 2.24) is 0 Å². The van der Waals surface area contributed by atoms with Gasteiger partial charge < -0.3 is 5.32 Å². The molecule has 0 fully saturated rings. The molecule has 1 N–H and O–H groups in total. The van der Waals surface area contributed by atoms with Crippen molar-refractivity contribution in [2.75, 3.05) is 12.4 Å². The summed E-state index contributed by atoms with van der Waals surface area (Å²) in [4.78, 5) is 0. The minimum absolute atomic E-state index is 1.05. The number of nitrogens with one attached hydrogen (secondary N) is 1. The van der Waals surface area contributed by atoms with Crippen LogP contribution in [0.4, 0.5) is 5.69 Å². The van der Waals surface area contributed by atoms with Crippen LogP contribution in [0.25, 0.3) is 21.9 Å². The predicted molar refractivity (Wildman–Crippen MR) is 104 cm³/mol. The van der Waals surface area contributed by atoms with Crippen molar-refractivity contribution in [2.24, 2.45) is 0 Å². The Morgan fingerprint density at radius 2 is 1.58 bits per heavy atom. The maximum absolute atomic E-state index is 3.32. The number of aryl methyl sites for hydroxylation is 2. The molecule has 24 heavy (non-hydrogen) atoms. The minimum Gasteiger partial charge on any atom is -0.387 e. The van der Waals surface area contributed by atoms with Gasteiger partial charge in [-0.1, -0.05) is 66.7 Å². The van der Waals surface area contributed by atoms with E-state index in [-0.39, 0.29) is 0 Å². The van der Waals surface area contributed by atoms with E-state index in [1.165, 1.54) is 33.0 Å². The Hall–Kier alpha value is -2.98. The van der Waals surface area contributed by atoms with Crippen LogP contribution in [0.1, 0.15) is 11.1 Å². The lowest BCUT2D eigenvalue weighted by molar-refractivity contribution is 1.47. The van der Waals surface area contributed by atoms with Crippen LogP contribution in [0.3, 0.4) is 0 Å². The van der Waals surface area contributed by atoms with Crippen molar-refractivity contribution in [3.8, 4) is 11.1 Å². The normalized spacial score (nSPS) is 9.96. The van der Waals surface area contributed by atoms with Crippen molar-refractivity contribution >= 4 is 16.5 Å². The summed E-state index contributed by atoms with van der Waals surface area (Å²) in [6, 6.07) is 29.2. The lowest BCUT2D eigenvalue weighted by Crippen LogP contribution is -1.91. The van der Waals surface area contributed by atoms with E-state index in [0.717, 1.165) is 5.69 Å². The van der Waals surface area contributed by atoms with Crippen LogP contribution in [0.15, 0.2) is 66.7 Å². The average molecular weight is 311 g/mol. The number of hydrogen-bond acceptors (Lipinski definition) is 1. The van der Waals surface area contributed by atoms with Gasteiger partial charge >= 0.3 is 0 Å². The van der Waals surface area contributed by atoms with Crippen molar-refractivity contribution in [2.45, 2.75) is 13.8 Å². The molecule has 3 aromatic carbocycles. The zero-order valence-corrected chi connectivity index (χ0v) is 14.4. The maximum Gasteiger partial charge on any atom is 0.0505 e. The number of hydrogen-bond donors (Lipinski definition) is 1. The fourth-order valence-electron chi connectivity index (χ4n) is 3.12. The summed E-state index contributed by atoms with van der Waals surface area (Å²) < 4.78 is 0. The molecule has 0 aliphatic heterocycles. The second-order valence-electron chi connectivity index (χ2n) is 5.85. The molecule has 0 heterocycles. The van der Waals surface area contributed by atoms with Crippen molar-refractivity contribution in [3.63, 3.8) is 0 Å². The Morgan fingerprint density at radius 3 is 2.33 bits per heavy atom. The first-order valence-electron chi connectivity index (χ1n) is 8.14. The highest BCUT2D eigenvalue weighted by molar-refractivity contribution is 6.04. The van der Waals surface area contributed by atoms with Crippen molar-refractivity contribution < 1.29 is 0 Å². The summed E-state index contributed by atoms with van der Waals surface area (Å²) in [6.07, 6.45) is 0. The Bertz CT molecular complexity index is 910. The smallest absolute Gasteiger partial charge is 0.0505 e. The van der Waals surface area contributed by atoms with Crippen LogP contribution in [-0.2, 0) is 0 Å². The Balaban J connectivity index is 2.59. The van der Waals surface area contributed by atoms with E-state index < -0.39 is 0 Å². The van der Waals surface area contributed by atoms with Gasteiger partial charge in [-0.3, -0.25) is 0 Å². The molecule has 1 nitrogen and oxygen atoms in total. The summed E-state index contributed by atoms with van der Waals surface area (Å²) in [6.45, 7) is 4.30. The van der Waals surface area contributed by atoms with E-state index in [1.807, 2.05) is 19.2 Å². The third-order valence-electron chi connectivity index (χ3n) is 4.25. The summed E-state index contributed by atoms with van der Waals surface area (Å²) in [5.74, 6) is 0. The van der Waals surface area contributed by atoms with E-state index in [4.69, 9.17) is 0 Å². The number of anilines is 1. The molecule has 0 bridgehead atoms. The van der Waals surface area contributed by atoms with E-state index in [9.17, 15) is 0 Å². The maximum atomic E-state index is 3.32. The van der Waals surface area contributed by atoms with E-state index in [0.29, 0.717) is 0 Å². The van der Waals surface area contributed by atoms with Gasteiger partial charge in [0.2, 0.25) is 0 Å². The quantitative estimate of drug-likeness (QED) is 0.622. The summed E-state index contributed by atoms with van der Waals surface area (Å²) >= 11 is 0. The molecule has 0 aromatic heterocycles. The van der Waals surface area contributed by atoms with Crippen LogP contribution in [-0.4, -0.2) is 7.05 Å². The molecule has 0 spiro atoms. The van der Waals surface area contributed by atoms with Gasteiger partial charge in [0.1, 0.15) is 0 Å². The van der Waals surface area contributed by atoms with Crippen LogP contribution in [0.5, 0.6) is 0 Å². The number of fused-ring (bicyclic) bond motifs is 1. The first-order valence-corrected chi connectivity index (χ1v) is 8.14. The van der Waals surface area contributed by atoms with E-state index in [1.54, 1.807) is 0 Å². The zero-order chi connectivity index (χ0) is 16.9. The molecular weight excluding hydrogens is 290 g/mol. The number of benzene rings is 2. The predicted octanol–water partition coefficient (Wildman–Crippen LogP) is 5.89. The second kappa shape index (κ2) is 7.06. The molecule has 1 heteroatoms. The Kier molecular flexibility index (Phi) is 4.68. The van der Waals surface area contributed by atoms with Gasteiger partial charge in [-0.05, 0) is 47.6 Å². The van der Waals surface area contributed by atoms with E-state index >= 15 is 0 Å². The molecule has 0 aliphatic carbocycles. The van der Waals surface area contributed by atoms with Gasteiger partial charge in [0, 0.05) is 18.5 Å². The molecule has 118 valence electrons. The van der Waals surface area contributed by atoms with Crippen LogP contribution >= 0.6 is 0 Å². The summed E-state index contributed by atoms with van der Waals surface area (Å²) in [5, 5.41) is 5.76. The van der Waals surface area contributed by atoms with Gasteiger partial charge in [0.15, 0.2) is 0 Å². The summed E-state index contributed by atoms with van der Waals surface area (Å²) in [7, 11) is 1.95. The van der Waals surface area contributed by atoms with Crippen molar-refractivity contribution in [1.29, 1.82) is 0 Å². The zero-order valence-electron chi connectivity index (χ0n) is 14.4. The highest BCUT2D eigenvalue weighted by Gasteiger charge is 2.08. The topological polar surface area (TPSA) is 12.0 Å². The highest BCUT2D eigenvalue weighted by atomic mass is 14.8. The molecule has 0 saturated heterocycles. The molecule has 0 saturated carbocycles. The molecule has 0 amide bonds. The third-order valence-corrected chi connectivity index (χ3v) is 4.25. The lowest BCUT2D eigenvalue weighted by atomic mass is 9.94. The molecule has 3 rings (SSSR count). The fraction of sp³-hybridized carbons (Fsp3) is 0.130. The molecule has 0 unspecified atom stereocenters. The average Bonchev–Trinajstić information content (AvgIpc) is 2.60. The minimum atomic E-state index is 1.05. The molecule has 0 atom stereocenters. The molecular formula is C23H21N. The van der Waals surface area contributed by atoms with Crippen LogP contribution in [0.2, 0.25) is 0 Å². The molecule has 3 aromatic rings. The van der Waals surface area contributed by atoms with Crippen molar-refractivity contribution in [3.05, 3.63) is 90.0 Å². The third kappa shape index (κ3) is 3.05. The lowest BCUT2D eigenvalue weighted by Gasteiger charge is -2.12. The monoisotopic (exact) mass is 311 g/mol. The SMILES string of the molecule is CNc1cc#cccc(C)c(-c2ccccc2)c2cccc(C)c12. The Labute approximate surface area is 144 Å². The number of rotatable bonds is 2. The van der Waals surface area contributed by atoms with Crippen LogP contribution < -0.4 is 5.32 Å². The van der Waals surface area contributed by atoms with Gasteiger partial charge in [-0.25, -0.2) is 0 Å². The van der Waals surface area contributed by atoms with Gasteiger partial charge in [0.05, 0.1) is 5.69 Å².